The number of carbonyl (C=O) groups is 1. The minimum atomic E-state index is -0.390. The third-order valence-electron chi connectivity index (χ3n) is 7.49. The van der Waals surface area contributed by atoms with Crippen LogP contribution in [0.15, 0.2) is 12.2 Å². The number of terminal acetylenes is 1. The lowest BCUT2D eigenvalue weighted by Gasteiger charge is -2.20. The summed E-state index contributed by atoms with van der Waals surface area (Å²) in [6.45, 7) is 4.41. The molecular weight excluding hydrogens is 454 g/mol. The van der Waals surface area contributed by atoms with E-state index >= 15 is 0 Å². The smallest absolute Gasteiger partial charge is 0.220 e. The Hall–Kier alpha value is -1.27. The second-order valence-corrected chi connectivity index (χ2v) is 11.1. The van der Waals surface area contributed by atoms with Crippen molar-refractivity contribution in [1.82, 2.24) is 5.32 Å². The second-order valence-electron chi connectivity index (χ2n) is 11.1. The molecule has 0 aromatic rings. The van der Waals surface area contributed by atoms with E-state index in [1.165, 1.54) is 128 Å². The van der Waals surface area contributed by atoms with Crippen LogP contribution in [0.2, 0.25) is 0 Å². The van der Waals surface area contributed by atoms with Crippen LogP contribution in [0.4, 0.5) is 0 Å². The number of allylic oxidation sites excluding steroid dienone is 1. The molecule has 0 aliphatic carbocycles. The number of unbranched alkanes of at least 4 members (excludes halogenated alkanes) is 21. The number of amides is 1. The Morgan fingerprint density at radius 2 is 1.11 bits per heavy atom. The van der Waals surface area contributed by atoms with Crippen LogP contribution in [0.25, 0.3) is 0 Å². The van der Waals surface area contributed by atoms with E-state index in [0.717, 1.165) is 19.3 Å². The number of hydrogen-bond acceptors (Lipinski definition) is 2. The second kappa shape index (κ2) is 29.3. The Morgan fingerprint density at radius 3 is 1.51 bits per heavy atom. The first-order valence-corrected chi connectivity index (χ1v) is 16.2. The minimum Gasteiger partial charge on any atom is -0.394 e. The van der Waals surface area contributed by atoms with Gasteiger partial charge in [-0.15, -0.1) is 6.42 Å². The van der Waals surface area contributed by atoms with Gasteiger partial charge in [0.2, 0.25) is 5.91 Å². The Kier molecular flexibility index (Phi) is 28.3. The largest absolute Gasteiger partial charge is 0.394 e. The quantitative estimate of drug-likeness (QED) is 0.0616. The van der Waals surface area contributed by atoms with Gasteiger partial charge in [-0.05, 0) is 19.3 Å². The summed E-state index contributed by atoms with van der Waals surface area (Å²) in [5.41, 5.74) is 0. The van der Waals surface area contributed by atoms with Crippen molar-refractivity contribution in [2.24, 2.45) is 5.92 Å². The average Bonchev–Trinajstić information content (AvgIpc) is 2.91. The first-order valence-electron chi connectivity index (χ1n) is 16.2. The highest BCUT2D eigenvalue weighted by Gasteiger charge is 2.18. The van der Waals surface area contributed by atoms with Crippen molar-refractivity contribution < 1.29 is 9.90 Å². The third-order valence-corrected chi connectivity index (χ3v) is 7.49. The SMILES string of the molecule is C#C[C@H](/C=C/CCCCCCCCCCCCC)[C@H](CO)NC(=O)CCCCCCCCCCCCC. The van der Waals surface area contributed by atoms with Gasteiger partial charge in [0.15, 0.2) is 0 Å². The normalized spacial score (nSPS) is 13.0. The highest BCUT2D eigenvalue weighted by Crippen LogP contribution is 2.14. The monoisotopic (exact) mass is 517 g/mol. The molecular formula is C34H63NO2. The number of carbonyl (C=O) groups excluding carboxylic acids is 1. The van der Waals surface area contributed by atoms with Crippen LogP contribution in [0.1, 0.15) is 168 Å². The molecule has 0 unspecified atom stereocenters. The molecule has 1 amide bonds. The van der Waals surface area contributed by atoms with Crippen molar-refractivity contribution in [3.8, 4) is 12.3 Å². The first kappa shape index (κ1) is 35.7. The Labute approximate surface area is 232 Å². The summed E-state index contributed by atoms with van der Waals surface area (Å²) in [5, 5.41) is 12.8. The lowest BCUT2D eigenvalue weighted by atomic mass is 9.99. The maximum Gasteiger partial charge on any atom is 0.220 e. The fraction of sp³-hybridized carbons (Fsp3) is 0.853. The van der Waals surface area contributed by atoms with Crippen molar-refractivity contribution in [2.45, 2.75) is 174 Å². The molecule has 0 rings (SSSR count). The first-order chi connectivity index (χ1) is 18.2. The maximum atomic E-state index is 12.4. The van der Waals surface area contributed by atoms with Crippen LogP contribution in [0.3, 0.4) is 0 Å². The molecule has 0 heterocycles. The molecule has 0 aliphatic heterocycles. The molecule has 3 nitrogen and oxygen atoms in total. The van der Waals surface area contributed by atoms with Crippen LogP contribution in [0.5, 0.6) is 0 Å². The highest BCUT2D eigenvalue weighted by molar-refractivity contribution is 5.76. The molecule has 0 saturated carbocycles. The van der Waals surface area contributed by atoms with Crippen molar-refractivity contribution in [3.05, 3.63) is 12.2 Å². The third kappa shape index (κ3) is 24.8. The summed E-state index contributed by atoms with van der Waals surface area (Å²) < 4.78 is 0. The lowest BCUT2D eigenvalue weighted by molar-refractivity contribution is -0.122. The zero-order valence-corrected chi connectivity index (χ0v) is 24.9. The Balaban J connectivity index is 3.81. The summed E-state index contributed by atoms with van der Waals surface area (Å²) in [6.07, 6.45) is 40.2. The molecule has 0 aliphatic rings. The summed E-state index contributed by atoms with van der Waals surface area (Å²) in [4.78, 5) is 12.4. The molecule has 37 heavy (non-hydrogen) atoms. The van der Waals surface area contributed by atoms with Gasteiger partial charge < -0.3 is 10.4 Å². The predicted molar refractivity (Wildman–Crippen MR) is 163 cm³/mol. The molecule has 0 aromatic heterocycles. The lowest BCUT2D eigenvalue weighted by Crippen LogP contribution is -2.41. The van der Waals surface area contributed by atoms with Gasteiger partial charge in [0.05, 0.1) is 18.6 Å². The van der Waals surface area contributed by atoms with E-state index in [1.54, 1.807) is 0 Å². The molecule has 2 N–H and O–H groups in total. The molecule has 0 bridgehead atoms. The zero-order chi connectivity index (χ0) is 27.2. The van der Waals surface area contributed by atoms with Crippen LogP contribution in [0, 0.1) is 18.3 Å². The molecule has 3 heteroatoms. The maximum absolute atomic E-state index is 12.4. The van der Waals surface area contributed by atoms with E-state index in [2.05, 4.69) is 31.2 Å². The van der Waals surface area contributed by atoms with Crippen molar-refractivity contribution >= 4 is 5.91 Å². The van der Waals surface area contributed by atoms with Crippen LogP contribution < -0.4 is 5.32 Å². The Morgan fingerprint density at radius 1 is 0.703 bits per heavy atom. The van der Waals surface area contributed by atoms with Gasteiger partial charge in [-0.3, -0.25) is 4.79 Å². The van der Waals surface area contributed by atoms with Gasteiger partial charge in [-0.25, -0.2) is 0 Å². The molecule has 0 aromatic carbocycles. The molecule has 2 atom stereocenters. The fourth-order valence-electron chi connectivity index (χ4n) is 4.95. The van der Waals surface area contributed by atoms with E-state index < -0.39 is 6.04 Å². The van der Waals surface area contributed by atoms with Gasteiger partial charge in [0.25, 0.3) is 0 Å². The summed E-state index contributed by atoms with van der Waals surface area (Å²) in [7, 11) is 0. The molecule has 0 fully saturated rings. The standard InChI is InChI=1S/C34H63NO2/c1-4-7-9-11-13-15-17-18-20-21-23-25-27-29-32(6-3)33(31-36)35-34(37)30-28-26-24-22-19-16-14-12-10-8-5-2/h3,27,29,32-33,36H,4-5,7-26,28,30-31H2,1-2H3,(H,35,37)/b29-27+/t32-,33+/m1/s1. The summed E-state index contributed by atoms with van der Waals surface area (Å²) >= 11 is 0. The van der Waals surface area contributed by atoms with Gasteiger partial charge in [-0.1, -0.05) is 160 Å². The molecule has 0 spiro atoms. The van der Waals surface area contributed by atoms with Crippen molar-refractivity contribution in [2.75, 3.05) is 6.61 Å². The van der Waals surface area contributed by atoms with Gasteiger partial charge >= 0.3 is 0 Å². The van der Waals surface area contributed by atoms with Crippen LogP contribution >= 0.6 is 0 Å². The molecule has 216 valence electrons. The fourth-order valence-corrected chi connectivity index (χ4v) is 4.95. The number of rotatable bonds is 28. The number of hydrogen-bond donors (Lipinski definition) is 2. The van der Waals surface area contributed by atoms with E-state index in [4.69, 9.17) is 6.42 Å². The average molecular weight is 518 g/mol. The van der Waals surface area contributed by atoms with Gasteiger partial charge in [0, 0.05) is 6.42 Å². The number of aliphatic hydroxyl groups excluding tert-OH is 1. The van der Waals surface area contributed by atoms with Crippen LogP contribution in [-0.4, -0.2) is 23.7 Å². The van der Waals surface area contributed by atoms with Crippen molar-refractivity contribution in [1.29, 1.82) is 0 Å². The van der Waals surface area contributed by atoms with Crippen LogP contribution in [-0.2, 0) is 4.79 Å². The number of aliphatic hydroxyl groups is 1. The molecule has 0 saturated heterocycles. The van der Waals surface area contributed by atoms with Gasteiger partial charge in [-0.2, -0.15) is 0 Å². The van der Waals surface area contributed by atoms with Gasteiger partial charge in [0.1, 0.15) is 0 Å². The van der Waals surface area contributed by atoms with E-state index in [9.17, 15) is 9.90 Å². The number of nitrogens with one attached hydrogen (secondary N) is 1. The molecule has 0 radical (unpaired) electrons. The van der Waals surface area contributed by atoms with E-state index in [-0.39, 0.29) is 18.4 Å². The topological polar surface area (TPSA) is 49.3 Å². The summed E-state index contributed by atoms with van der Waals surface area (Å²) in [5.74, 6) is 2.51. The minimum absolute atomic E-state index is 0.00832. The van der Waals surface area contributed by atoms with E-state index in [0.29, 0.717) is 6.42 Å². The zero-order valence-electron chi connectivity index (χ0n) is 24.9. The predicted octanol–water partition coefficient (Wildman–Crippen LogP) is 9.67. The van der Waals surface area contributed by atoms with E-state index in [1.807, 2.05) is 6.08 Å². The highest BCUT2D eigenvalue weighted by atomic mass is 16.3. The summed E-state index contributed by atoms with van der Waals surface area (Å²) in [6, 6.07) is -0.390. The van der Waals surface area contributed by atoms with Crippen molar-refractivity contribution in [3.63, 3.8) is 0 Å². The Bertz CT molecular complexity index is 551.